The molecule has 57 valence electrons. The molecule has 1 aliphatic rings. The first-order valence-corrected chi connectivity index (χ1v) is 6.11. The van der Waals surface area contributed by atoms with E-state index in [9.17, 15) is 0 Å². The van der Waals surface area contributed by atoms with Crippen molar-refractivity contribution < 1.29 is 21.2 Å². The zero-order valence-electron chi connectivity index (χ0n) is 6.26. The van der Waals surface area contributed by atoms with E-state index in [0.29, 0.717) is 0 Å². The predicted octanol–water partition coefficient (Wildman–Crippen LogP) is -2.35. The molecule has 0 aliphatic carbocycles. The van der Waals surface area contributed by atoms with Crippen molar-refractivity contribution in [2.45, 2.75) is 6.92 Å². The number of rotatable bonds is 0. The van der Waals surface area contributed by atoms with Crippen LogP contribution < -0.4 is 26.4 Å². The summed E-state index contributed by atoms with van der Waals surface area (Å²) in [5.74, 6) is 1.08. The van der Waals surface area contributed by atoms with Crippen LogP contribution in [-0.2, 0) is 0 Å². The molecule has 0 aromatic carbocycles. The summed E-state index contributed by atoms with van der Waals surface area (Å²) in [5.41, 5.74) is 1.27. The molecule has 2 rings (SSSR count). The van der Waals surface area contributed by atoms with E-state index in [0.717, 1.165) is 5.82 Å². The Balaban J connectivity index is 2.43. The maximum atomic E-state index is 4.30. The second-order valence-corrected chi connectivity index (χ2v) is 5.29. The molecular formula is C7H8BIN2-. The number of pyridine rings is 1. The van der Waals surface area contributed by atoms with Crippen LogP contribution in [0.3, 0.4) is 0 Å². The monoisotopic (exact) mass is 258 g/mol. The van der Waals surface area contributed by atoms with Crippen molar-refractivity contribution in [1.82, 2.24) is 4.98 Å². The van der Waals surface area contributed by atoms with Gasteiger partial charge in [-0.2, -0.15) is 0 Å². The van der Waals surface area contributed by atoms with Crippen molar-refractivity contribution in [3.8, 4) is 0 Å². The first kappa shape index (κ1) is 7.40. The second-order valence-electron chi connectivity index (χ2n) is 2.48. The van der Waals surface area contributed by atoms with E-state index in [1.165, 1.54) is 13.5 Å². The predicted molar refractivity (Wildman–Crippen MR) is 41.9 cm³/mol. The SMILES string of the molecule is Cc1cnc2c(c1)[I-]C[B]N2. The third-order valence-corrected chi connectivity index (χ3v) is 4.04. The Morgan fingerprint density at radius 1 is 1.73 bits per heavy atom. The van der Waals surface area contributed by atoms with E-state index in [2.05, 4.69) is 30.6 Å². The van der Waals surface area contributed by atoms with Crippen molar-refractivity contribution in [3.05, 3.63) is 21.4 Å². The van der Waals surface area contributed by atoms with Gasteiger partial charge in [-0.25, -0.2) is 0 Å². The topological polar surface area (TPSA) is 24.9 Å². The van der Waals surface area contributed by atoms with E-state index >= 15 is 0 Å². The minimum absolute atomic E-state index is 0.198. The van der Waals surface area contributed by atoms with Gasteiger partial charge in [-0.3, -0.25) is 0 Å². The van der Waals surface area contributed by atoms with Crippen molar-refractivity contribution in [1.29, 1.82) is 0 Å². The summed E-state index contributed by atoms with van der Waals surface area (Å²) in [5, 5.41) is 3.18. The Morgan fingerprint density at radius 2 is 2.64 bits per heavy atom. The van der Waals surface area contributed by atoms with E-state index in [4.69, 9.17) is 0 Å². The first-order chi connectivity index (χ1) is 5.36. The van der Waals surface area contributed by atoms with Gasteiger partial charge in [0.05, 0.1) is 0 Å². The van der Waals surface area contributed by atoms with Crippen LogP contribution in [0.5, 0.6) is 0 Å². The van der Waals surface area contributed by atoms with Crippen LogP contribution in [0, 0.1) is 10.5 Å². The molecule has 1 radical (unpaired) electrons. The van der Waals surface area contributed by atoms with Crippen molar-refractivity contribution in [3.63, 3.8) is 0 Å². The number of nitrogens with one attached hydrogen (secondary N) is 1. The zero-order chi connectivity index (χ0) is 7.68. The molecule has 1 aromatic heterocycles. The number of alkyl halides is 1. The minimum atomic E-state index is 0.198. The first-order valence-electron chi connectivity index (χ1n) is 3.50. The number of anilines is 1. The molecule has 0 atom stereocenters. The van der Waals surface area contributed by atoms with Crippen LogP contribution in [0.25, 0.3) is 0 Å². The van der Waals surface area contributed by atoms with Gasteiger partial charge in [-0.1, -0.05) is 0 Å². The average Bonchev–Trinajstić information content (AvgIpc) is 2.04. The van der Waals surface area contributed by atoms with Gasteiger partial charge in [-0.05, 0) is 0 Å². The summed E-state index contributed by atoms with van der Waals surface area (Å²) in [6.45, 7) is 2.09. The van der Waals surface area contributed by atoms with Crippen molar-refractivity contribution in [2.75, 3.05) is 9.55 Å². The fourth-order valence-electron chi connectivity index (χ4n) is 0.999. The summed E-state index contributed by atoms with van der Waals surface area (Å²) in [6, 6.07) is 2.25. The second kappa shape index (κ2) is 3.01. The summed E-state index contributed by atoms with van der Waals surface area (Å²) in [6.07, 6.45) is 1.91. The molecule has 0 saturated heterocycles. The molecule has 0 spiro atoms. The summed E-state index contributed by atoms with van der Waals surface area (Å²) >= 11 is 0.198. The molecule has 1 aromatic rings. The molecule has 11 heavy (non-hydrogen) atoms. The molecule has 2 nitrogen and oxygen atoms in total. The van der Waals surface area contributed by atoms with E-state index in [-0.39, 0.29) is 21.2 Å². The normalized spacial score (nSPS) is 15.4. The van der Waals surface area contributed by atoms with Gasteiger partial charge in [-0.15, -0.1) is 0 Å². The maximum absolute atomic E-state index is 4.30. The van der Waals surface area contributed by atoms with E-state index in [1.807, 2.05) is 6.20 Å². The summed E-state index contributed by atoms with van der Waals surface area (Å²) in [4.78, 5) is 4.30. The van der Waals surface area contributed by atoms with Crippen LogP contribution >= 0.6 is 0 Å². The number of nitrogens with zero attached hydrogens (tertiary/aromatic N) is 1. The summed E-state index contributed by atoms with van der Waals surface area (Å²) < 4.78 is 2.67. The van der Waals surface area contributed by atoms with E-state index < -0.39 is 0 Å². The average molecular weight is 258 g/mol. The molecule has 0 unspecified atom stereocenters. The number of aromatic nitrogens is 1. The molecule has 0 amide bonds. The quantitative estimate of drug-likeness (QED) is 0.320. The fraction of sp³-hybridized carbons (Fsp3) is 0.286. The third kappa shape index (κ3) is 1.50. The van der Waals surface area contributed by atoms with Crippen LogP contribution in [0.15, 0.2) is 12.3 Å². The van der Waals surface area contributed by atoms with Gasteiger partial charge in [0.15, 0.2) is 0 Å². The molecule has 1 N–H and O–H groups in total. The van der Waals surface area contributed by atoms with Crippen molar-refractivity contribution in [2.24, 2.45) is 0 Å². The number of halogens is 1. The molecule has 0 bridgehead atoms. The van der Waals surface area contributed by atoms with Crippen LogP contribution in [0.4, 0.5) is 5.82 Å². The molecule has 2 heterocycles. The van der Waals surface area contributed by atoms with Gasteiger partial charge in [0, 0.05) is 0 Å². The van der Waals surface area contributed by atoms with Gasteiger partial charge >= 0.3 is 77.3 Å². The van der Waals surface area contributed by atoms with Crippen LogP contribution in [0.1, 0.15) is 5.56 Å². The molecule has 0 saturated carbocycles. The number of hydrogen-bond donors (Lipinski definition) is 1. The van der Waals surface area contributed by atoms with Gasteiger partial charge in [0.1, 0.15) is 0 Å². The Labute approximate surface area is 77.3 Å². The zero-order valence-corrected chi connectivity index (χ0v) is 8.42. The van der Waals surface area contributed by atoms with Gasteiger partial charge in [0.25, 0.3) is 0 Å². The van der Waals surface area contributed by atoms with Gasteiger partial charge in [0.2, 0.25) is 0 Å². The molecular weight excluding hydrogens is 250 g/mol. The number of fused-ring (bicyclic) bond motifs is 1. The fourth-order valence-corrected chi connectivity index (χ4v) is 3.28. The van der Waals surface area contributed by atoms with E-state index in [1.54, 1.807) is 0 Å². The Bertz CT molecular complexity index is 277. The Kier molecular flexibility index (Phi) is 2.02. The molecule has 0 fully saturated rings. The van der Waals surface area contributed by atoms with Crippen molar-refractivity contribution >= 4 is 13.2 Å². The number of hydrogen-bond acceptors (Lipinski definition) is 2. The molecule has 4 heteroatoms. The summed E-state index contributed by atoms with van der Waals surface area (Å²) in [7, 11) is 2.11. The third-order valence-electron chi connectivity index (χ3n) is 1.51. The standard InChI is InChI=1S/C7H8BIN2/c1-5-2-6-7(10-3-5)11-8-4-9-6/h2-3H,4H2,1H3,(H,10,11)/q-1. The van der Waals surface area contributed by atoms with Crippen LogP contribution in [0.2, 0.25) is 0 Å². The van der Waals surface area contributed by atoms with Crippen LogP contribution in [-0.4, -0.2) is 16.7 Å². The van der Waals surface area contributed by atoms with Gasteiger partial charge < -0.3 is 0 Å². The molecule has 1 aliphatic heterocycles. The number of aryl methyl sites for hydroxylation is 1. The Morgan fingerprint density at radius 3 is 3.55 bits per heavy atom. The Hall–Kier alpha value is -0.255.